The van der Waals surface area contributed by atoms with Crippen molar-refractivity contribution in [1.29, 1.82) is 0 Å². The average Bonchev–Trinajstić information content (AvgIpc) is 2.29. The first-order chi connectivity index (χ1) is 7.75. The van der Waals surface area contributed by atoms with Crippen LogP contribution in [0, 0.1) is 0 Å². The van der Waals surface area contributed by atoms with E-state index in [-0.39, 0.29) is 0 Å². The fraction of sp³-hybridized carbons (Fsp3) is 0. The van der Waals surface area contributed by atoms with Gasteiger partial charge in [0.05, 0.1) is 0 Å². The Hall–Kier alpha value is -0.860. The molecule has 78 valence electrons. The zero-order chi connectivity index (χ0) is 11.1. The van der Waals surface area contributed by atoms with Gasteiger partial charge in [0.15, 0.2) is 0 Å². The van der Waals surface area contributed by atoms with Crippen LogP contribution in [0.4, 0.5) is 0 Å². The molecular formula is C14H8Br2. The molecule has 0 fully saturated rings. The van der Waals surface area contributed by atoms with E-state index in [0.29, 0.717) is 0 Å². The Labute approximate surface area is 111 Å². The van der Waals surface area contributed by atoms with E-state index in [2.05, 4.69) is 80.4 Å². The number of halogens is 2. The number of hydrogen-bond donors (Lipinski definition) is 0. The summed E-state index contributed by atoms with van der Waals surface area (Å²) in [5.74, 6) is 0. The van der Waals surface area contributed by atoms with Gasteiger partial charge in [-0.2, -0.15) is 0 Å². The van der Waals surface area contributed by atoms with E-state index < -0.39 is 0 Å². The Morgan fingerprint density at radius 3 is 2.44 bits per heavy atom. The van der Waals surface area contributed by atoms with E-state index in [1.54, 1.807) is 0 Å². The second-order valence-electron chi connectivity index (χ2n) is 3.77. The van der Waals surface area contributed by atoms with Crippen molar-refractivity contribution in [1.82, 2.24) is 0 Å². The lowest BCUT2D eigenvalue weighted by Gasteiger charge is -2.06. The van der Waals surface area contributed by atoms with E-state index in [9.17, 15) is 0 Å². The number of hydrogen-bond acceptors (Lipinski definition) is 0. The summed E-state index contributed by atoms with van der Waals surface area (Å²) in [6, 6.07) is 17.0. The Morgan fingerprint density at radius 1 is 0.750 bits per heavy atom. The summed E-state index contributed by atoms with van der Waals surface area (Å²) in [7, 11) is 0. The summed E-state index contributed by atoms with van der Waals surface area (Å²) < 4.78 is 2.27. The molecule has 0 atom stereocenters. The Bertz CT molecular complexity index is 687. The molecule has 0 saturated carbocycles. The van der Waals surface area contributed by atoms with Gasteiger partial charge in [0.1, 0.15) is 0 Å². The Kier molecular flexibility index (Phi) is 2.49. The monoisotopic (exact) mass is 334 g/mol. The third-order valence-electron chi connectivity index (χ3n) is 2.77. The second kappa shape index (κ2) is 3.86. The first kappa shape index (κ1) is 10.3. The molecule has 0 aliphatic rings. The van der Waals surface area contributed by atoms with Crippen LogP contribution in [0.3, 0.4) is 0 Å². The van der Waals surface area contributed by atoms with Crippen LogP contribution in [0.25, 0.3) is 21.5 Å². The van der Waals surface area contributed by atoms with Gasteiger partial charge in [0.25, 0.3) is 0 Å². The molecule has 0 bridgehead atoms. The molecule has 3 aromatic carbocycles. The summed E-state index contributed by atoms with van der Waals surface area (Å²) in [6.07, 6.45) is 0. The molecule has 0 unspecified atom stereocenters. The molecule has 3 aromatic rings. The van der Waals surface area contributed by atoms with Crippen molar-refractivity contribution < 1.29 is 0 Å². The lowest BCUT2D eigenvalue weighted by Crippen LogP contribution is -1.79. The minimum absolute atomic E-state index is 1.12. The van der Waals surface area contributed by atoms with Gasteiger partial charge in [-0.1, -0.05) is 62.2 Å². The quantitative estimate of drug-likeness (QED) is 0.474. The van der Waals surface area contributed by atoms with Crippen molar-refractivity contribution >= 4 is 53.4 Å². The molecule has 0 aliphatic carbocycles. The maximum atomic E-state index is 3.62. The fourth-order valence-electron chi connectivity index (χ4n) is 2.04. The van der Waals surface area contributed by atoms with Crippen molar-refractivity contribution in [2.75, 3.05) is 0 Å². The molecule has 0 N–H and O–H groups in total. The molecule has 2 heteroatoms. The van der Waals surface area contributed by atoms with Crippen LogP contribution in [-0.4, -0.2) is 0 Å². The topological polar surface area (TPSA) is 0 Å². The lowest BCUT2D eigenvalue weighted by molar-refractivity contribution is 1.70. The van der Waals surface area contributed by atoms with Crippen molar-refractivity contribution in [2.24, 2.45) is 0 Å². The van der Waals surface area contributed by atoms with Gasteiger partial charge in [-0.15, -0.1) is 0 Å². The molecule has 0 amide bonds. The van der Waals surface area contributed by atoms with Gasteiger partial charge < -0.3 is 0 Å². The molecule has 0 radical (unpaired) electrons. The fourth-order valence-corrected chi connectivity index (χ4v) is 3.02. The Morgan fingerprint density at radius 2 is 1.56 bits per heavy atom. The van der Waals surface area contributed by atoms with Gasteiger partial charge in [-0.3, -0.25) is 0 Å². The van der Waals surface area contributed by atoms with Crippen LogP contribution in [0.15, 0.2) is 57.5 Å². The summed E-state index contributed by atoms with van der Waals surface area (Å²) in [5.41, 5.74) is 0. The average molecular weight is 336 g/mol. The molecule has 3 rings (SSSR count). The van der Waals surface area contributed by atoms with E-state index in [1.807, 2.05) is 0 Å². The van der Waals surface area contributed by atoms with E-state index in [4.69, 9.17) is 0 Å². The molecule has 0 spiro atoms. The highest BCUT2D eigenvalue weighted by Crippen LogP contribution is 2.32. The first-order valence-corrected chi connectivity index (χ1v) is 6.61. The minimum atomic E-state index is 1.12. The third-order valence-corrected chi connectivity index (χ3v) is 3.93. The maximum Gasteiger partial charge on any atom is 0.0259 e. The molecule has 16 heavy (non-hydrogen) atoms. The SMILES string of the molecule is Brc1ccc2c(ccc3cccc(Br)c32)c1. The zero-order valence-corrected chi connectivity index (χ0v) is 11.5. The van der Waals surface area contributed by atoms with E-state index >= 15 is 0 Å². The molecule has 0 nitrogen and oxygen atoms in total. The minimum Gasteiger partial charge on any atom is -0.0605 e. The molecule has 0 heterocycles. The summed E-state index contributed by atoms with van der Waals surface area (Å²) >= 11 is 7.13. The first-order valence-electron chi connectivity index (χ1n) is 5.02. The second-order valence-corrected chi connectivity index (χ2v) is 5.54. The summed E-state index contributed by atoms with van der Waals surface area (Å²) in [5, 5.41) is 5.10. The largest absolute Gasteiger partial charge is 0.0605 e. The van der Waals surface area contributed by atoms with Crippen LogP contribution in [0.1, 0.15) is 0 Å². The zero-order valence-electron chi connectivity index (χ0n) is 8.37. The highest BCUT2D eigenvalue weighted by molar-refractivity contribution is 9.11. The van der Waals surface area contributed by atoms with Crippen LogP contribution < -0.4 is 0 Å². The van der Waals surface area contributed by atoms with Crippen LogP contribution in [0.5, 0.6) is 0 Å². The number of benzene rings is 3. The van der Waals surface area contributed by atoms with Gasteiger partial charge in [-0.25, -0.2) is 0 Å². The van der Waals surface area contributed by atoms with Crippen molar-refractivity contribution in [3.05, 3.63) is 57.5 Å². The summed E-state index contributed by atoms with van der Waals surface area (Å²) in [4.78, 5) is 0. The van der Waals surface area contributed by atoms with Crippen molar-refractivity contribution in [3.63, 3.8) is 0 Å². The van der Waals surface area contributed by atoms with Gasteiger partial charge in [0.2, 0.25) is 0 Å². The normalized spacial score (nSPS) is 11.1. The van der Waals surface area contributed by atoms with Gasteiger partial charge in [-0.05, 0) is 34.4 Å². The van der Waals surface area contributed by atoms with Crippen LogP contribution in [-0.2, 0) is 0 Å². The van der Waals surface area contributed by atoms with Crippen molar-refractivity contribution in [2.45, 2.75) is 0 Å². The molecule has 0 aliphatic heterocycles. The third kappa shape index (κ3) is 1.57. The predicted octanol–water partition coefficient (Wildman–Crippen LogP) is 5.52. The van der Waals surface area contributed by atoms with Crippen LogP contribution >= 0.6 is 31.9 Å². The van der Waals surface area contributed by atoms with Gasteiger partial charge in [0, 0.05) is 14.3 Å². The molecule has 0 aromatic heterocycles. The number of rotatable bonds is 0. The van der Waals surface area contributed by atoms with Crippen LogP contribution in [0.2, 0.25) is 0 Å². The predicted molar refractivity (Wildman–Crippen MR) is 76.9 cm³/mol. The van der Waals surface area contributed by atoms with Gasteiger partial charge >= 0.3 is 0 Å². The smallest absolute Gasteiger partial charge is 0.0259 e. The van der Waals surface area contributed by atoms with Crippen molar-refractivity contribution in [3.8, 4) is 0 Å². The highest BCUT2D eigenvalue weighted by Gasteiger charge is 2.03. The standard InChI is InChI=1S/C14H8Br2/c15-11-6-7-12-10(8-11)5-4-9-2-1-3-13(16)14(9)12/h1-8H. The molecular weight excluding hydrogens is 328 g/mol. The van der Waals surface area contributed by atoms with E-state index in [1.165, 1.54) is 21.5 Å². The number of fused-ring (bicyclic) bond motifs is 3. The lowest BCUT2D eigenvalue weighted by atomic mass is 10.0. The summed E-state index contributed by atoms with van der Waals surface area (Å²) in [6.45, 7) is 0. The Balaban J connectivity index is 2.58. The maximum absolute atomic E-state index is 3.62. The van der Waals surface area contributed by atoms with E-state index in [0.717, 1.165) is 8.95 Å². The molecule has 0 saturated heterocycles. The highest BCUT2D eigenvalue weighted by atomic mass is 79.9.